The molecule has 2 unspecified atom stereocenters. The van der Waals surface area contributed by atoms with Crippen LogP contribution in [0.25, 0.3) is 0 Å². The molecule has 0 heterocycles. The third-order valence-corrected chi connectivity index (χ3v) is 9.64. The van der Waals surface area contributed by atoms with E-state index in [1.165, 1.54) is 24.3 Å². The first-order valence-corrected chi connectivity index (χ1v) is 11.7. The number of non-ortho nitro benzene ring substituents is 1. The van der Waals surface area contributed by atoms with Gasteiger partial charge in [-0.3, -0.25) is 10.1 Å². The maximum atomic E-state index is 12.1. The molecule has 1 aromatic carbocycles. The molecule has 26 heavy (non-hydrogen) atoms. The van der Waals surface area contributed by atoms with Gasteiger partial charge in [-0.25, -0.2) is 4.79 Å². The third kappa shape index (κ3) is 5.04. The van der Waals surface area contributed by atoms with Crippen LogP contribution in [-0.2, 0) is 9.16 Å². The number of benzene rings is 1. The van der Waals surface area contributed by atoms with Crippen LogP contribution in [0.15, 0.2) is 24.3 Å². The van der Waals surface area contributed by atoms with E-state index in [9.17, 15) is 14.9 Å². The van der Waals surface area contributed by atoms with E-state index >= 15 is 0 Å². The van der Waals surface area contributed by atoms with Crippen molar-refractivity contribution >= 4 is 20.2 Å². The number of nitrogens with zero attached hydrogens (tertiary/aromatic N) is 1. The summed E-state index contributed by atoms with van der Waals surface area (Å²) in [6.07, 6.45) is 1.30. The number of carbonyl (C=O) groups excluding carboxylic acids is 1. The molecular formula is C18H27NO6Si. The average molecular weight is 382 g/mol. The number of hydrogen-bond acceptors (Lipinski definition) is 6. The second-order valence-electron chi connectivity index (χ2n) is 8.11. The lowest BCUT2D eigenvalue weighted by Gasteiger charge is -2.39. The Morgan fingerprint density at radius 1 is 1.15 bits per heavy atom. The van der Waals surface area contributed by atoms with Gasteiger partial charge >= 0.3 is 6.16 Å². The van der Waals surface area contributed by atoms with Gasteiger partial charge in [0.2, 0.25) is 0 Å². The number of nitro benzene ring substituents is 1. The number of carbonyl (C=O) groups is 1. The standard InChI is InChI=1S/C18H27NO6Si/c1-18(2,3)26(4,5)25-16-8-6-7-15(16)24-17(20)23-14-11-9-13(10-12-14)19(21)22/h9-12,15-16H,6-8H2,1-5H3. The lowest BCUT2D eigenvalue weighted by molar-refractivity contribution is -0.384. The van der Waals surface area contributed by atoms with Crippen molar-refractivity contribution in [2.45, 2.75) is 70.4 Å². The summed E-state index contributed by atoms with van der Waals surface area (Å²) in [4.78, 5) is 22.2. The van der Waals surface area contributed by atoms with Crippen LogP contribution in [0.4, 0.5) is 10.5 Å². The van der Waals surface area contributed by atoms with Gasteiger partial charge in [0, 0.05) is 12.1 Å². The highest BCUT2D eigenvalue weighted by atomic mass is 28.4. The first-order valence-electron chi connectivity index (χ1n) is 8.80. The first kappa shape index (κ1) is 20.4. The zero-order valence-electron chi connectivity index (χ0n) is 16.0. The Morgan fingerprint density at radius 3 is 2.27 bits per heavy atom. The van der Waals surface area contributed by atoms with Gasteiger partial charge in [0.05, 0.1) is 11.0 Å². The molecule has 1 aliphatic carbocycles. The molecular weight excluding hydrogens is 354 g/mol. The summed E-state index contributed by atoms with van der Waals surface area (Å²) < 4.78 is 17.0. The summed E-state index contributed by atoms with van der Waals surface area (Å²) in [7, 11) is -1.95. The fourth-order valence-corrected chi connectivity index (χ4v) is 3.98. The van der Waals surface area contributed by atoms with E-state index in [0.29, 0.717) is 0 Å². The van der Waals surface area contributed by atoms with Gasteiger partial charge in [-0.1, -0.05) is 20.8 Å². The van der Waals surface area contributed by atoms with Crippen molar-refractivity contribution < 1.29 is 23.6 Å². The summed E-state index contributed by atoms with van der Waals surface area (Å²) in [5.74, 6) is 0.209. The fraction of sp³-hybridized carbons (Fsp3) is 0.611. The van der Waals surface area contributed by atoms with Crippen LogP contribution < -0.4 is 4.74 Å². The van der Waals surface area contributed by atoms with Crippen LogP contribution in [0.5, 0.6) is 5.75 Å². The Labute approximate surface area is 154 Å². The molecule has 1 fully saturated rings. The minimum Gasteiger partial charge on any atom is -0.428 e. The quantitative estimate of drug-likeness (QED) is 0.233. The molecule has 0 spiro atoms. The predicted octanol–water partition coefficient (Wildman–Crippen LogP) is 5.05. The monoisotopic (exact) mass is 381 g/mol. The van der Waals surface area contributed by atoms with Gasteiger partial charge in [-0.2, -0.15) is 0 Å². The van der Waals surface area contributed by atoms with Gasteiger partial charge in [0.1, 0.15) is 11.9 Å². The molecule has 0 aliphatic heterocycles. The van der Waals surface area contributed by atoms with Crippen LogP contribution in [-0.4, -0.2) is 31.6 Å². The van der Waals surface area contributed by atoms with Crippen molar-refractivity contribution in [3.8, 4) is 5.75 Å². The summed E-state index contributed by atoms with van der Waals surface area (Å²) >= 11 is 0. The highest BCUT2D eigenvalue weighted by molar-refractivity contribution is 6.74. The van der Waals surface area contributed by atoms with Gasteiger partial charge in [0.25, 0.3) is 5.69 Å². The first-order chi connectivity index (χ1) is 12.0. The molecule has 0 radical (unpaired) electrons. The Morgan fingerprint density at radius 2 is 1.73 bits per heavy atom. The number of rotatable bonds is 5. The smallest absolute Gasteiger partial charge is 0.428 e. The molecule has 144 valence electrons. The average Bonchev–Trinajstić information content (AvgIpc) is 2.92. The summed E-state index contributed by atoms with van der Waals surface area (Å²) in [6, 6.07) is 5.30. The number of ether oxygens (including phenoxy) is 2. The van der Waals surface area contributed by atoms with Crippen LogP contribution in [0.1, 0.15) is 40.0 Å². The third-order valence-electron chi connectivity index (χ3n) is 5.14. The van der Waals surface area contributed by atoms with Gasteiger partial charge in [-0.05, 0) is 49.5 Å². The van der Waals surface area contributed by atoms with Crippen molar-refractivity contribution in [1.82, 2.24) is 0 Å². The lowest BCUT2D eigenvalue weighted by atomic mass is 10.2. The second-order valence-corrected chi connectivity index (χ2v) is 12.9. The molecule has 0 aromatic heterocycles. The van der Waals surface area contributed by atoms with Crippen molar-refractivity contribution in [3.63, 3.8) is 0 Å². The van der Waals surface area contributed by atoms with Crippen molar-refractivity contribution in [3.05, 3.63) is 34.4 Å². The Hall–Kier alpha value is -1.93. The molecule has 0 amide bonds. The molecule has 0 N–H and O–H groups in total. The summed E-state index contributed by atoms with van der Waals surface area (Å²) in [6.45, 7) is 10.9. The van der Waals surface area contributed by atoms with E-state index in [0.717, 1.165) is 19.3 Å². The SMILES string of the molecule is CC(C)(C)[Si](C)(C)OC1CCCC1OC(=O)Oc1ccc([N+](=O)[O-])cc1. The Balaban J connectivity index is 1.94. The fourth-order valence-electron chi connectivity index (χ4n) is 2.60. The van der Waals surface area contributed by atoms with E-state index in [1.54, 1.807) is 0 Å². The summed E-state index contributed by atoms with van der Waals surface area (Å²) in [5, 5.41) is 10.7. The molecule has 1 aliphatic rings. The highest BCUT2D eigenvalue weighted by Gasteiger charge is 2.43. The van der Waals surface area contributed by atoms with Crippen LogP contribution in [0.2, 0.25) is 18.1 Å². The van der Waals surface area contributed by atoms with Gasteiger partial charge in [0.15, 0.2) is 8.32 Å². The molecule has 1 aromatic rings. The van der Waals surface area contributed by atoms with E-state index in [4.69, 9.17) is 13.9 Å². The van der Waals surface area contributed by atoms with Crippen LogP contribution in [0.3, 0.4) is 0 Å². The summed E-state index contributed by atoms with van der Waals surface area (Å²) in [5.41, 5.74) is -0.0654. The molecule has 2 atom stereocenters. The number of nitro groups is 1. The van der Waals surface area contributed by atoms with Crippen LogP contribution in [0, 0.1) is 10.1 Å². The molecule has 0 bridgehead atoms. The zero-order chi connectivity index (χ0) is 19.5. The normalized spacial score (nSPS) is 20.7. The maximum Gasteiger partial charge on any atom is 0.514 e. The minimum absolute atomic E-state index is 0.0654. The Kier molecular flexibility index (Phi) is 6.08. The molecule has 8 heteroatoms. The van der Waals surface area contributed by atoms with Gasteiger partial charge < -0.3 is 13.9 Å². The Bertz CT molecular complexity index is 653. The highest BCUT2D eigenvalue weighted by Crippen LogP contribution is 2.40. The van der Waals surface area contributed by atoms with Crippen molar-refractivity contribution in [2.24, 2.45) is 0 Å². The van der Waals surface area contributed by atoms with E-state index in [1.807, 2.05) is 0 Å². The van der Waals surface area contributed by atoms with E-state index in [2.05, 4.69) is 33.9 Å². The van der Waals surface area contributed by atoms with Crippen molar-refractivity contribution in [1.29, 1.82) is 0 Å². The molecule has 2 rings (SSSR count). The van der Waals surface area contributed by atoms with Crippen LogP contribution >= 0.6 is 0 Å². The zero-order valence-corrected chi connectivity index (χ0v) is 17.0. The topological polar surface area (TPSA) is 87.9 Å². The lowest BCUT2D eigenvalue weighted by Crippen LogP contribution is -2.46. The molecule has 7 nitrogen and oxygen atoms in total. The van der Waals surface area contributed by atoms with Gasteiger partial charge in [-0.15, -0.1) is 0 Å². The maximum absolute atomic E-state index is 12.1. The van der Waals surface area contributed by atoms with E-state index < -0.39 is 19.4 Å². The molecule has 1 saturated carbocycles. The minimum atomic E-state index is -1.95. The van der Waals surface area contributed by atoms with E-state index in [-0.39, 0.29) is 28.7 Å². The largest absolute Gasteiger partial charge is 0.514 e. The number of hydrogen-bond donors (Lipinski definition) is 0. The molecule has 0 saturated heterocycles. The predicted molar refractivity (Wildman–Crippen MR) is 99.9 cm³/mol. The second kappa shape index (κ2) is 7.75. The van der Waals surface area contributed by atoms with Crippen molar-refractivity contribution in [2.75, 3.05) is 0 Å².